The van der Waals surface area contributed by atoms with Crippen LogP contribution in [0.5, 0.6) is 0 Å². The van der Waals surface area contributed by atoms with Crippen molar-refractivity contribution in [3.63, 3.8) is 0 Å². The first-order valence-corrected chi connectivity index (χ1v) is 8.81. The number of hydrogen-bond donors (Lipinski definition) is 2. The first kappa shape index (κ1) is 16.3. The average Bonchev–Trinajstić information content (AvgIpc) is 2.48. The minimum atomic E-state index is 0.138. The predicted molar refractivity (Wildman–Crippen MR) is 85.1 cm³/mol. The second-order valence-corrected chi connectivity index (χ2v) is 6.88. The Balaban J connectivity index is 1.76. The molecule has 0 bridgehead atoms. The third-order valence-corrected chi connectivity index (χ3v) is 5.35. The molecule has 2 fully saturated rings. The Morgan fingerprint density at radius 1 is 1.25 bits per heavy atom. The summed E-state index contributed by atoms with van der Waals surface area (Å²) in [5.74, 6) is 0. The number of piperidine rings is 1. The van der Waals surface area contributed by atoms with Crippen LogP contribution in [0.15, 0.2) is 0 Å². The van der Waals surface area contributed by atoms with Crippen molar-refractivity contribution in [1.82, 2.24) is 10.6 Å². The summed E-state index contributed by atoms with van der Waals surface area (Å²) in [7, 11) is 0. The third-order valence-electron chi connectivity index (χ3n) is 5.35. The van der Waals surface area contributed by atoms with E-state index in [1.165, 1.54) is 45.1 Å². The summed E-state index contributed by atoms with van der Waals surface area (Å²) in [6, 6.07) is 1.98. The highest BCUT2D eigenvalue weighted by molar-refractivity contribution is 4.89. The van der Waals surface area contributed by atoms with Crippen LogP contribution in [0, 0.1) is 0 Å². The summed E-state index contributed by atoms with van der Waals surface area (Å²) in [6.45, 7) is 9.02. The summed E-state index contributed by atoms with van der Waals surface area (Å²) in [4.78, 5) is 0. The van der Waals surface area contributed by atoms with Crippen LogP contribution in [-0.4, -0.2) is 36.9 Å². The topological polar surface area (TPSA) is 33.3 Å². The number of hydrogen-bond acceptors (Lipinski definition) is 3. The minimum Gasteiger partial charge on any atom is -0.375 e. The van der Waals surface area contributed by atoms with Crippen LogP contribution in [0.2, 0.25) is 0 Å². The van der Waals surface area contributed by atoms with Crippen LogP contribution in [0.4, 0.5) is 0 Å². The first-order valence-electron chi connectivity index (χ1n) is 8.81. The van der Waals surface area contributed by atoms with E-state index < -0.39 is 0 Å². The highest BCUT2D eigenvalue weighted by Gasteiger charge is 2.34. The van der Waals surface area contributed by atoms with Crippen LogP contribution >= 0.6 is 0 Å². The maximum absolute atomic E-state index is 6.07. The molecule has 0 aromatic heterocycles. The molecule has 0 aromatic rings. The van der Waals surface area contributed by atoms with Gasteiger partial charge < -0.3 is 15.4 Å². The zero-order valence-corrected chi connectivity index (χ0v) is 13.7. The van der Waals surface area contributed by atoms with Gasteiger partial charge in [0.15, 0.2) is 0 Å². The number of nitrogens with one attached hydrogen (secondary N) is 2. The molecule has 0 aromatic carbocycles. The molecule has 0 spiro atoms. The lowest BCUT2D eigenvalue weighted by atomic mass is 9.85. The zero-order chi connectivity index (χ0) is 14.4. The van der Waals surface area contributed by atoms with Gasteiger partial charge in [-0.05, 0) is 58.4 Å². The Hall–Kier alpha value is -0.120. The SMILES string of the molecule is CCC1(CC)CC(NC(C)CC2CCCCN2)CCO1. The van der Waals surface area contributed by atoms with Crippen molar-refractivity contribution in [3.8, 4) is 0 Å². The molecule has 3 nitrogen and oxygen atoms in total. The molecule has 2 aliphatic rings. The quantitative estimate of drug-likeness (QED) is 0.784. The molecule has 3 unspecified atom stereocenters. The van der Waals surface area contributed by atoms with Crippen molar-refractivity contribution in [2.24, 2.45) is 0 Å². The van der Waals surface area contributed by atoms with Crippen LogP contribution in [0.3, 0.4) is 0 Å². The molecule has 2 aliphatic heterocycles. The molecular formula is C17H34N2O. The Labute approximate surface area is 125 Å². The van der Waals surface area contributed by atoms with Gasteiger partial charge in [-0.3, -0.25) is 0 Å². The fourth-order valence-electron chi connectivity index (χ4n) is 3.94. The van der Waals surface area contributed by atoms with Gasteiger partial charge in [-0.1, -0.05) is 20.3 Å². The van der Waals surface area contributed by atoms with Gasteiger partial charge in [-0.15, -0.1) is 0 Å². The van der Waals surface area contributed by atoms with Crippen LogP contribution in [0.1, 0.15) is 72.1 Å². The smallest absolute Gasteiger partial charge is 0.0692 e. The zero-order valence-electron chi connectivity index (χ0n) is 13.7. The lowest BCUT2D eigenvalue weighted by Gasteiger charge is -2.41. The molecule has 0 amide bonds. The summed E-state index contributed by atoms with van der Waals surface area (Å²) >= 11 is 0. The third kappa shape index (κ3) is 4.44. The second-order valence-electron chi connectivity index (χ2n) is 6.88. The van der Waals surface area contributed by atoms with Gasteiger partial charge in [0.1, 0.15) is 0 Å². The van der Waals surface area contributed by atoms with E-state index in [0.717, 1.165) is 25.5 Å². The fourth-order valence-corrected chi connectivity index (χ4v) is 3.94. The molecule has 0 saturated carbocycles. The molecule has 2 saturated heterocycles. The largest absolute Gasteiger partial charge is 0.375 e. The van der Waals surface area contributed by atoms with Crippen molar-refractivity contribution in [2.75, 3.05) is 13.2 Å². The molecule has 3 heteroatoms. The van der Waals surface area contributed by atoms with E-state index >= 15 is 0 Å². The summed E-state index contributed by atoms with van der Waals surface area (Å²) < 4.78 is 6.07. The molecule has 20 heavy (non-hydrogen) atoms. The Kier molecular flexibility index (Phi) is 6.31. The molecule has 118 valence electrons. The highest BCUT2D eigenvalue weighted by atomic mass is 16.5. The van der Waals surface area contributed by atoms with Crippen LogP contribution < -0.4 is 10.6 Å². The number of ether oxygens (including phenoxy) is 1. The highest BCUT2D eigenvalue weighted by Crippen LogP contribution is 2.31. The van der Waals surface area contributed by atoms with Crippen molar-refractivity contribution in [3.05, 3.63) is 0 Å². The Bertz CT molecular complexity index is 272. The molecule has 3 atom stereocenters. The van der Waals surface area contributed by atoms with Gasteiger partial charge in [0, 0.05) is 24.7 Å². The monoisotopic (exact) mass is 282 g/mol. The van der Waals surface area contributed by atoms with E-state index in [-0.39, 0.29) is 5.60 Å². The summed E-state index contributed by atoms with van der Waals surface area (Å²) in [5, 5.41) is 7.53. The molecule has 0 radical (unpaired) electrons. The summed E-state index contributed by atoms with van der Waals surface area (Å²) in [5.41, 5.74) is 0.138. The lowest BCUT2D eigenvalue weighted by Crippen LogP contribution is -2.50. The molecule has 2 rings (SSSR count). The Morgan fingerprint density at radius 3 is 2.70 bits per heavy atom. The molecule has 0 aliphatic carbocycles. The average molecular weight is 282 g/mol. The minimum absolute atomic E-state index is 0.138. The van der Waals surface area contributed by atoms with Gasteiger partial charge in [-0.2, -0.15) is 0 Å². The standard InChI is InChI=1S/C17H34N2O/c1-4-17(5-2)13-16(9-11-20-17)19-14(3)12-15-8-6-7-10-18-15/h14-16,18-19H,4-13H2,1-3H3. The van der Waals surface area contributed by atoms with Gasteiger partial charge in [-0.25, -0.2) is 0 Å². The molecule has 2 heterocycles. The normalized spacial score (nSPS) is 31.9. The van der Waals surface area contributed by atoms with Crippen molar-refractivity contribution in [2.45, 2.75) is 95.9 Å². The van der Waals surface area contributed by atoms with Crippen molar-refractivity contribution < 1.29 is 4.74 Å². The van der Waals surface area contributed by atoms with E-state index in [1.807, 2.05) is 0 Å². The van der Waals surface area contributed by atoms with Gasteiger partial charge in [0.25, 0.3) is 0 Å². The maximum atomic E-state index is 6.07. The summed E-state index contributed by atoms with van der Waals surface area (Å²) in [6.07, 6.45) is 10.0. The lowest BCUT2D eigenvalue weighted by molar-refractivity contribution is -0.0940. The first-order chi connectivity index (χ1) is 9.67. The van der Waals surface area contributed by atoms with E-state index in [9.17, 15) is 0 Å². The van der Waals surface area contributed by atoms with Gasteiger partial charge in [0.05, 0.1) is 5.60 Å². The van der Waals surface area contributed by atoms with Gasteiger partial charge >= 0.3 is 0 Å². The maximum Gasteiger partial charge on any atom is 0.0692 e. The second kappa shape index (κ2) is 7.77. The van der Waals surface area contributed by atoms with Crippen molar-refractivity contribution in [1.29, 1.82) is 0 Å². The Morgan fingerprint density at radius 2 is 2.05 bits per heavy atom. The molecular weight excluding hydrogens is 248 g/mol. The predicted octanol–water partition coefficient (Wildman–Crippen LogP) is 3.23. The van der Waals surface area contributed by atoms with Crippen molar-refractivity contribution >= 4 is 0 Å². The van der Waals surface area contributed by atoms with Gasteiger partial charge in [0.2, 0.25) is 0 Å². The van der Waals surface area contributed by atoms with Crippen LogP contribution in [-0.2, 0) is 4.74 Å². The van der Waals surface area contributed by atoms with E-state index in [4.69, 9.17) is 4.74 Å². The van der Waals surface area contributed by atoms with E-state index in [0.29, 0.717) is 12.1 Å². The fraction of sp³-hybridized carbons (Fsp3) is 1.00. The van der Waals surface area contributed by atoms with E-state index in [2.05, 4.69) is 31.4 Å². The molecule has 2 N–H and O–H groups in total. The van der Waals surface area contributed by atoms with Crippen LogP contribution in [0.25, 0.3) is 0 Å². The van der Waals surface area contributed by atoms with E-state index in [1.54, 1.807) is 0 Å². The number of rotatable bonds is 6.